The second kappa shape index (κ2) is 10.2. The molecule has 1 heterocycles. The molecular weight excluding hydrogens is 414 g/mol. The summed E-state index contributed by atoms with van der Waals surface area (Å²) < 4.78 is 6.80. The Hall–Kier alpha value is -3.77. The van der Waals surface area contributed by atoms with E-state index >= 15 is 0 Å². The SMILES string of the molecule is COCCn1c(C(C)NC(=O)C(c2ccccc2)c2ccccc2)nc2ccccc2c1=O. The van der Waals surface area contributed by atoms with Gasteiger partial charge in [-0.05, 0) is 30.2 Å². The summed E-state index contributed by atoms with van der Waals surface area (Å²) in [5.74, 6) is -0.126. The lowest BCUT2D eigenvalue weighted by atomic mass is 9.90. The fraction of sp³-hybridized carbons (Fsp3) is 0.222. The van der Waals surface area contributed by atoms with Crippen molar-refractivity contribution in [3.63, 3.8) is 0 Å². The minimum atomic E-state index is -0.485. The van der Waals surface area contributed by atoms with Crippen LogP contribution in [0, 0.1) is 0 Å². The largest absolute Gasteiger partial charge is 0.383 e. The molecule has 4 rings (SSSR count). The van der Waals surface area contributed by atoms with Crippen LogP contribution in [0.15, 0.2) is 89.7 Å². The molecule has 3 aromatic carbocycles. The molecule has 0 radical (unpaired) electrons. The number of carbonyl (C=O) groups excluding carboxylic acids is 1. The Kier molecular flexibility index (Phi) is 6.95. The Morgan fingerprint density at radius 3 is 2.12 bits per heavy atom. The van der Waals surface area contributed by atoms with E-state index in [2.05, 4.69) is 5.32 Å². The molecular formula is C27H27N3O3. The molecule has 1 aromatic heterocycles. The van der Waals surface area contributed by atoms with Crippen LogP contribution in [-0.4, -0.2) is 29.2 Å². The second-order valence-electron chi connectivity index (χ2n) is 7.92. The number of benzene rings is 3. The first-order chi connectivity index (χ1) is 16.1. The molecule has 0 aliphatic heterocycles. The van der Waals surface area contributed by atoms with Crippen molar-refractivity contribution in [2.45, 2.75) is 25.4 Å². The lowest BCUT2D eigenvalue weighted by Gasteiger charge is -2.23. The first-order valence-corrected chi connectivity index (χ1v) is 11.0. The number of carbonyl (C=O) groups is 1. The number of nitrogens with one attached hydrogen (secondary N) is 1. The Bertz CT molecular complexity index is 1250. The van der Waals surface area contributed by atoms with Crippen LogP contribution in [0.5, 0.6) is 0 Å². The molecule has 0 aliphatic carbocycles. The lowest BCUT2D eigenvalue weighted by Crippen LogP contribution is -2.37. The highest BCUT2D eigenvalue weighted by Gasteiger charge is 2.26. The molecule has 1 unspecified atom stereocenters. The molecule has 6 nitrogen and oxygen atoms in total. The highest BCUT2D eigenvalue weighted by atomic mass is 16.5. The number of amides is 1. The molecule has 0 saturated carbocycles. The molecule has 33 heavy (non-hydrogen) atoms. The normalized spacial score (nSPS) is 12.1. The predicted octanol–water partition coefficient (Wildman–Crippen LogP) is 4.05. The summed E-state index contributed by atoms with van der Waals surface area (Å²) in [5.41, 5.74) is 2.26. The monoisotopic (exact) mass is 441 g/mol. The zero-order valence-corrected chi connectivity index (χ0v) is 18.8. The zero-order chi connectivity index (χ0) is 23.2. The molecule has 1 N–H and O–H groups in total. The van der Waals surface area contributed by atoms with Crippen molar-refractivity contribution in [3.05, 3.63) is 112 Å². The first-order valence-electron chi connectivity index (χ1n) is 11.0. The van der Waals surface area contributed by atoms with Crippen LogP contribution in [0.3, 0.4) is 0 Å². The average Bonchev–Trinajstić information content (AvgIpc) is 2.85. The van der Waals surface area contributed by atoms with E-state index in [1.165, 1.54) is 0 Å². The van der Waals surface area contributed by atoms with Gasteiger partial charge in [-0.15, -0.1) is 0 Å². The van der Waals surface area contributed by atoms with E-state index in [-0.39, 0.29) is 11.5 Å². The molecule has 1 amide bonds. The summed E-state index contributed by atoms with van der Waals surface area (Å²) >= 11 is 0. The van der Waals surface area contributed by atoms with Crippen LogP contribution < -0.4 is 10.9 Å². The summed E-state index contributed by atoms with van der Waals surface area (Å²) in [6, 6.07) is 26.1. The van der Waals surface area contributed by atoms with E-state index in [1.54, 1.807) is 17.7 Å². The Balaban J connectivity index is 1.71. The van der Waals surface area contributed by atoms with E-state index in [0.29, 0.717) is 29.9 Å². The minimum Gasteiger partial charge on any atom is -0.383 e. The molecule has 1 atom stereocenters. The molecule has 0 spiro atoms. The smallest absolute Gasteiger partial charge is 0.261 e. The zero-order valence-electron chi connectivity index (χ0n) is 18.8. The topological polar surface area (TPSA) is 73.2 Å². The Morgan fingerprint density at radius 1 is 0.939 bits per heavy atom. The summed E-state index contributed by atoms with van der Waals surface area (Å²) in [4.78, 5) is 31.5. The number of rotatable bonds is 8. The highest BCUT2D eigenvalue weighted by Crippen LogP contribution is 2.26. The molecule has 168 valence electrons. The number of para-hydroxylation sites is 1. The number of methoxy groups -OCH3 is 1. The predicted molar refractivity (Wildman–Crippen MR) is 129 cm³/mol. The van der Waals surface area contributed by atoms with Gasteiger partial charge in [0.05, 0.1) is 36.0 Å². The molecule has 0 saturated heterocycles. The van der Waals surface area contributed by atoms with E-state index < -0.39 is 12.0 Å². The fourth-order valence-electron chi connectivity index (χ4n) is 4.06. The summed E-state index contributed by atoms with van der Waals surface area (Å²) in [5, 5.41) is 3.64. The van der Waals surface area contributed by atoms with Crippen LogP contribution in [0.1, 0.15) is 35.8 Å². The van der Waals surface area contributed by atoms with Crippen LogP contribution in [0.25, 0.3) is 10.9 Å². The van der Waals surface area contributed by atoms with Crippen LogP contribution in [0.4, 0.5) is 0 Å². The quantitative estimate of drug-likeness (QED) is 0.448. The number of fused-ring (bicyclic) bond motifs is 1. The standard InChI is InChI=1S/C27H27N3O3/c1-19(25-29-23-16-10-9-15-22(23)27(32)30(25)17-18-33-2)28-26(31)24(20-11-5-3-6-12-20)21-13-7-4-8-14-21/h3-16,19,24H,17-18H2,1-2H3,(H,28,31). The van der Waals surface area contributed by atoms with Gasteiger partial charge < -0.3 is 10.1 Å². The third kappa shape index (κ3) is 4.86. The van der Waals surface area contributed by atoms with Crippen molar-refractivity contribution in [2.24, 2.45) is 0 Å². The van der Waals surface area contributed by atoms with E-state index in [0.717, 1.165) is 11.1 Å². The maximum Gasteiger partial charge on any atom is 0.261 e. The number of hydrogen-bond acceptors (Lipinski definition) is 4. The van der Waals surface area contributed by atoms with Gasteiger partial charge in [0, 0.05) is 7.11 Å². The maximum atomic E-state index is 13.6. The van der Waals surface area contributed by atoms with Crippen LogP contribution in [0.2, 0.25) is 0 Å². The van der Waals surface area contributed by atoms with Gasteiger partial charge in [-0.25, -0.2) is 4.98 Å². The van der Waals surface area contributed by atoms with Gasteiger partial charge in [0.25, 0.3) is 5.56 Å². The van der Waals surface area contributed by atoms with Gasteiger partial charge in [-0.2, -0.15) is 0 Å². The average molecular weight is 442 g/mol. The van der Waals surface area contributed by atoms with Gasteiger partial charge in [-0.1, -0.05) is 72.8 Å². The van der Waals surface area contributed by atoms with Crippen molar-refractivity contribution >= 4 is 16.8 Å². The summed E-state index contributed by atoms with van der Waals surface area (Å²) in [6.07, 6.45) is 0. The number of hydrogen-bond donors (Lipinski definition) is 1. The van der Waals surface area contributed by atoms with Crippen molar-refractivity contribution in [1.29, 1.82) is 0 Å². The van der Waals surface area contributed by atoms with Crippen LogP contribution in [-0.2, 0) is 16.1 Å². The third-order valence-electron chi connectivity index (χ3n) is 5.68. The summed E-state index contributed by atoms with van der Waals surface area (Å²) in [6.45, 7) is 2.57. The van der Waals surface area contributed by atoms with E-state index in [1.807, 2.05) is 85.8 Å². The van der Waals surface area contributed by atoms with Gasteiger partial charge in [0.1, 0.15) is 5.82 Å². The van der Waals surface area contributed by atoms with E-state index in [9.17, 15) is 9.59 Å². The van der Waals surface area contributed by atoms with Gasteiger partial charge in [0.15, 0.2) is 0 Å². The Labute approximate surface area is 192 Å². The van der Waals surface area contributed by atoms with Crippen molar-refractivity contribution in [3.8, 4) is 0 Å². The fourth-order valence-corrected chi connectivity index (χ4v) is 4.06. The number of ether oxygens (including phenoxy) is 1. The minimum absolute atomic E-state index is 0.142. The van der Waals surface area contributed by atoms with Crippen molar-refractivity contribution in [1.82, 2.24) is 14.9 Å². The van der Waals surface area contributed by atoms with Gasteiger partial charge in [-0.3, -0.25) is 14.2 Å². The molecule has 0 bridgehead atoms. The number of aromatic nitrogens is 2. The van der Waals surface area contributed by atoms with Crippen molar-refractivity contribution < 1.29 is 9.53 Å². The first kappa shape index (κ1) is 22.4. The molecule has 0 aliphatic rings. The number of nitrogens with zero attached hydrogens (tertiary/aromatic N) is 2. The van der Waals surface area contributed by atoms with E-state index in [4.69, 9.17) is 9.72 Å². The second-order valence-corrected chi connectivity index (χ2v) is 7.92. The van der Waals surface area contributed by atoms with Gasteiger partial charge in [0.2, 0.25) is 5.91 Å². The third-order valence-corrected chi connectivity index (χ3v) is 5.68. The lowest BCUT2D eigenvalue weighted by molar-refractivity contribution is -0.122. The Morgan fingerprint density at radius 2 is 1.52 bits per heavy atom. The van der Waals surface area contributed by atoms with Crippen LogP contribution >= 0.6 is 0 Å². The molecule has 0 fully saturated rings. The molecule has 4 aromatic rings. The van der Waals surface area contributed by atoms with Gasteiger partial charge >= 0.3 is 0 Å². The molecule has 6 heteroatoms. The highest BCUT2D eigenvalue weighted by molar-refractivity contribution is 5.87. The van der Waals surface area contributed by atoms with Crippen molar-refractivity contribution in [2.75, 3.05) is 13.7 Å². The summed E-state index contributed by atoms with van der Waals surface area (Å²) in [7, 11) is 1.59. The maximum absolute atomic E-state index is 13.6.